The third-order valence-electron chi connectivity index (χ3n) is 4.88. The first-order valence-electron chi connectivity index (χ1n) is 9.75. The van der Waals surface area contributed by atoms with Crippen molar-refractivity contribution in [1.82, 2.24) is 14.1 Å². The number of carbonyl (C=O) groups is 2. The van der Waals surface area contributed by atoms with Gasteiger partial charge in [-0.1, -0.05) is 17.7 Å². The highest BCUT2D eigenvalue weighted by atomic mass is 32.2. The molecule has 0 unspecified atom stereocenters. The molecule has 1 saturated heterocycles. The number of hydrogen-bond acceptors (Lipinski definition) is 4. The van der Waals surface area contributed by atoms with Crippen LogP contribution in [0.25, 0.3) is 0 Å². The molecule has 0 atom stereocenters. The van der Waals surface area contributed by atoms with Crippen LogP contribution < -0.4 is 0 Å². The summed E-state index contributed by atoms with van der Waals surface area (Å²) in [5.74, 6) is -0.381. The topological polar surface area (TPSA) is 78.0 Å². The monoisotopic (exact) mass is 409 g/mol. The maximum absolute atomic E-state index is 13.2. The molecule has 1 heterocycles. The Kier molecular flexibility index (Phi) is 7.09. The maximum atomic E-state index is 13.2. The SMILES string of the molecule is Cc1ccc(S(=O)(=O)N(CC(=O)N(C(C)C)C(C)C)C(=O)N2CCCC2)cc1. The lowest BCUT2D eigenvalue weighted by Crippen LogP contribution is -2.52. The normalized spacial score (nSPS) is 14.6. The highest BCUT2D eigenvalue weighted by Gasteiger charge is 2.36. The largest absolute Gasteiger partial charge is 0.336 e. The molecule has 0 bridgehead atoms. The van der Waals surface area contributed by atoms with E-state index in [0.717, 1.165) is 22.7 Å². The summed E-state index contributed by atoms with van der Waals surface area (Å²) in [7, 11) is -4.14. The van der Waals surface area contributed by atoms with E-state index in [1.54, 1.807) is 17.0 Å². The maximum Gasteiger partial charge on any atom is 0.334 e. The second-order valence-electron chi connectivity index (χ2n) is 7.79. The number of amides is 3. The molecule has 8 heteroatoms. The lowest BCUT2D eigenvalue weighted by atomic mass is 10.2. The molecule has 0 radical (unpaired) electrons. The zero-order valence-corrected chi connectivity index (χ0v) is 18.2. The number of urea groups is 1. The van der Waals surface area contributed by atoms with Crippen molar-refractivity contribution in [3.8, 4) is 0 Å². The van der Waals surface area contributed by atoms with E-state index in [2.05, 4.69) is 0 Å². The van der Waals surface area contributed by atoms with Crippen molar-refractivity contribution in [2.75, 3.05) is 19.6 Å². The molecule has 156 valence electrons. The molecule has 1 aromatic carbocycles. The highest BCUT2D eigenvalue weighted by molar-refractivity contribution is 7.89. The molecular formula is C20H31N3O4S. The van der Waals surface area contributed by atoms with E-state index in [1.165, 1.54) is 17.0 Å². The van der Waals surface area contributed by atoms with Gasteiger partial charge in [-0.05, 0) is 59.6 Å². The molecule has 1 fully saturated rings. The number of nitrogens with zero attached hydrogens (tertiary/aromatic N) is 3. The second-order valence-corrected chi connectivity index (χ2v) is 9.65. The second kappa shape index (κ2) is 8.94. The van der Waals surface area contributed by atoms with Crippen molar-refractivity contribution in [2.45, 2.75) is 64.4 Å². The number of sulfonamides is 1. The van der Waals surface area contributed by atoms with Crippen molar-refractivity contribution in [3.63, 3.8) is 0 Å². The van der Waals surface area contributed by atoms with E-state index >= 15 is 0 Å². The zero-order valence-electron chi connectivity index (χ0n) is 17.4. The van der Waals surface area contributed by atoms with Gasteiger partial charge in [0.25, 0.3) is 10.0 Å². The average Bonchev–Trinajstić information content (AvgIpc) is 3.13. The van der Waals surface area contributed by atoms with Gasteiger partial charge in [-0.15, -0.1) is 0 Å². The Morgan fingerprint density at radius 2 is 1.50 bits per heavy atom. The lowest BCUT2D eigenvalue weighted by molar-refractivity contribution is -0.134. The Hall–Kier alpha value is -2.09. The van der Waals surface area contributed by atoms with Crippen LogP contribution in [0.5, 0.6) is 0 Å². The van der Waals surface area contributed by atoms with Gasteiger partial charge >= 0.3 is 6.03 Å². The summed E-state index contributed by atoms with van der Waals surface area (Å²) in [6, 6.07) is 5.49. The van der Waals surface area contributed by atoms with Gasteiger partial charge in [-0.3, -0.25) is 4.79 Å². The van der Waals surface area contributed by atoms with Crippen molar-refractivity contribution in [2.24, 2.45) is 0 Å². The van der Waals surface area contributed by atoms with Crippen LogP contribution in [0.3, 0.4) is 0 Å². The Balaban J connectivity index is 2.40. The van der Waals surface area contributed by atoms with Gasteiger partial charge in [-0.25, -0.2) is 17.5 Å². The third kappa shape index (κ3) is 4.84. The van der Waals surface area contributed by atoms with E-state index < -0.39 is 22.6 Å². The number of aryl methyl sites for hydroxylation is 1. The standard InChI is InChI=1S/C20H31N3O4S/c1-15(2)23(16(3)4)19(24)14-22(20(25)21-12-6-7-13-21)28(26,27)18-10-8-17(5)9-11-18/h8-11,15-16H,6-7,12-14H2,1-5H3. The summed E-state index contributed by atoms with van der Waals surface area (Å²) in [4.78, 5) is 29.1. The molecule has 0 N–H and O–H groups in total. The summed E-state index contributed by atoms with van der Waals surface area (Å²) < 4.78 is 27.2. The van der Waals surface area contributed by atoms with Gasteiger partial charge < -0.3 is 9.80 Å². The molecule has 28 heavy (non-hydrogen) atoms. The zero-order chi connectivity index (χ0) is 21.1. The Bertz CT molecular complexity index is 789. The first-order chi connectivity index (χ1) is 13.1. The fourth-order valence-electron chi connectivity index (χ4n) is 3.54. The molecule has 0 aromatic heterocycles. The van der Waals surface area contributed by atoms with E-state index in [-0.39, 0.29) is 22.9 Å². The van der Waals surface area contributed by atoms with Gasteiger partial charge in [0.15, 0.2) is 0 Å². The Morgan fingerprint density at radius 3 is 1.96 bits per heavy atom. The number of likely N-dealkylation sites (tertiary alicyclic amines) is 1. The van der Waals surface area contributed by atoms with Crippen LogP contribution in [0.15, 0.2) is 29.2 Å². The van der Waals surface area contributed by atoms with E-state index in [4.69, 9.17) is 0 Å². The van der Waals surface area contributed by atoms with Crippen LogP contribution in [-0.4, -0.2) is 66.2 Å². The van der Waals surface area contributed by atoms with Crippen LogP contribution in [-0.2, 0) is 14.8 Å². The first-order valence-corrected chi connectivity index (χ1v) is 11.2. The fourth-order valence-corrected chi connectivity index (χ4v) is 4.87. The molecule has 0 aliphatic carbocycles. The molecule has 0 spiro atoms. The molecule has 3 amide bonds. The van der Waals surface area contributed by atoms with Gasteiger partial charge in [-0.2, -0.15) is 0 Å². The Morgan fingerprint density at radius 1 is 1.00 bits per heavy atom. The molecule has 7 nitrogen and oxygen atoms in total. The number of rotatable bonds is 6. The minimum Gasteiger partial charge on any atom is -0.336 e. The van der Waals surface area contributed by atoms with Crippen LogP contribution in [0, 0.1) is 6.92 Å². The van der Waals surface area contributed by atoms with Crippen molar-refractivity contribution >= 4 is 22.0 Å². The predicted octanol–water partition coefficient (Wildman–Crippen LogP) is 2.85. The molecule has 1 aromatic rings. The van der Waals surface area contributed by atoms with Crippen molar-refractivity contribution < 1.29 is 18.0 Å². The summed E-state index contributed by atoms with van der Waals surface area (Å²) >= 11 is 0. The minimum atomic E-state index is -4.14. The number of benzene rings is 1. The summed E-state index contributed by atoms with van der Waals surface area (Å²) in [5, 5.41) is 0. The van der Waals surface area contributed by atoms with Crippen LogP contribution in [0.1, 0.15) is 46.1 Å². The molecule has 1 aliphatic rings. The predicted molar refractivity (Wildman–Crippen MR) is 108 cm³/mol. The Labute approximate surface area is 168 Å². The first kappa shape index (κ1) is 22.2. The average molecular weight is 410 g/mol. The van der Waals surface area contributed by atoms with E-state index in [1.807, 2.05) is 34.6 Å². The molecular weight excluding hydrogens is 378 g/mol. The van der Waals surface area contributed by atoms with E-state index in [9.17, 15) is 18.0 Å². The van der Waals surface area contributed by atoms with Crippen LogP contribution in [0.2, 0.25) is 0 Å². The van der Waals surface area contributed by atoms with Crippen LogP contribution in [0.4, 0.5) is 4.79 Å². The van der Waals surface area contributed by atoms with Gasteiger partial charge in [0.2, 0.25) is 5.91 Å². The van der Waals surface area contributed by atoms with Crippen molar-refractivity contribution in [3.05, 3.63) is 29.8 Å². The van der Waals surface area contributed by atoms with Gasteiger partial charge in [0.1, 0.15) is 6.54 Å². The molecule has 0 saturated carbocycles. The molecule has 2 rings (SSSR count). The smallest absolute Gasteiger partial charge is 0.334 e. The quantitative estimate of drug-likeness (QED) is 0.724. The lowest BCUT2D eigenvalue weighted by Gasteiger charge is -2.34. The molecule has 1 aliphatic heterocycles. The van der Waals surface area contributed by atoms with Gasteiger partial charge in [0.05, 0.1) is 4.90 Å². The summed E-state index contributed by atoms with van der Waals surface area (Å²) in [6.07, 6.45) is 1.67. The fraction of sp³-hybridized carbons (Fsp3) is 0.600. The van der Waals surface area contributed by atoms with Crippen molar-refractivity contribution in [1.29, 1.82) is 0 Å². The number of carbonyl (C=O) groups excluding carboxylic acids is 2. The third-order valence-corrected chi connectivity index (χ3v) is 6.61. The minimum absolute atomic E-state index is 0.0130. The highest BCUT2D eigenvalue weighted by Crippen LogP contribution is 2.21. The van der Waals surface area contributed by atoms with E-state index in [0.29, 0.717) is 13.1 Å². The summed E-state index contributed by atoms with van der Waals surface area (Å²) in [6.45, 7) is 9.87. The number of hydrogen-bond donors (Lipinski definition) is 0. The summed E-state index contributed by atoms with van der Waals surface area (Å²) in [5.41, 5.74) is 0.915. The van der Waals surface area contributed by atoms with Gasteiger partial charge in [0, 0.05) is 25.2 Å². The van der Waals surface area contributed by atoms with Crippen LogP contribution >= 0.6 is 0 Å².